The molecule has 0 aromatic heterocycles. The Morgan fingerprint density at radius 2 is 2.25 bits per heavy atom. The number of allylic oxidation sites excluding steroid dienone is 1. The maximum absolute atomic E-state index is 10.8. The highest BCUT2D eigenvalue weighted by atomic mass is 16.5. The van der Waals surface area contributed by atoms with Crippen LogP contribution in [0.15, 0.2) is 12.2 Å². The van der Waals surface area contributed by atoms with Gasteiger partial charge in [0.05, 0.1) is 11.7 Å². The van der Waals surface area contributed by atoms with Crippen molar-refractivity contribution in [2.45, 2.75) is 65.1 Å². The normalized spacial score (nSPS) is 30.4. The highest BCUT2D eigenvalue weighted by Gasteiger charge is 2.34. The third-order valence-electron chi connectivity index (χ3n) is 3.08. The van der Waals surface area contributed by atoms with E-state index in [1.54, 1.807) is 13.0 Å². The Morgan fingerprint density at radius 3 is 2.81 bits per heavy atom. The zero-order chi connectivity index (χ0) is 12.2. The number of carbonyl (C=O) groups is 1. The summed E-state index contributed by atoms with van der Waals surface area (Å²) in [6.07, 6.45) is 8.25. The van der Waals surface area contributed by atoms with Gasteiger partial charge >= 0.3 is 0 Å². The molecule has 92 valence electrons. The summed E-state index contributed by atoms with van der Waals surface area (Å²) in [7, 11) is 0. The van der Waals surface area contributed by atoms with E-state index in [-0.39, 0.29) is 11.4 Å². The molecule has 2 heteroatoms. The average molecular weight is 224 g/mol. The predicted octanol–water partition coefficient (Wildman–Crippen LogP) is 3.51. The molecule has 0 aromatic rings. The smallest absolute Gasteiger partial charge is 0.152 e. The lowest BCUT2D eigenvalue weighted by atomic mass is 9.96. The molecule has 2 atom stereocenters. The first-order chi connectivity index (χ1) is 7.41. The summed E-state index contributed by atoms with van der Waals surface area (Å²) in [6.45, 7) is 8.19. The largest absolute Gasteiger partial charge is 0.372 e. The van der Waals surface area contributed by atoms with Gasteiger partial charge in [0.25, 0.3) is 0 Å². The van der Waals surface area contributed by atoms with E-state index in [0.717, 1.165) is 25.7 Å². The van der Waals surface area contributed by atoms with Crippen LogP contribution in [0.5, 0.6) is 0 Å². The lowest BCUT2D eigenvalue weighted by Gasteiger charge is -2.24. The molecule has 0 radical (unpaired) electrons. The quantitative estimate of drug-likeness (QED) is 0.668. The van der Waals surface area contributed by atoms with Gasteiger partial charge in [-0.25, -0.2) is 0 Å². The lowest BCUT2D eigenvalue weighted by molar-refractivity contribution is -0.112. The summed E-state index contributed by atoms with van der Waals surface area (Å²) < 4.78 is 6.08. The van der Waals surface area contributed by atoms with Gasteiger partial charge in [0, 0.05) is 0 Å². The van der Waals surface area contributed by atoms with E-state index in [2.05, 4.69) is 20.8 Å². The maximum atomic E-state index is 10.8. The molecular weight excluding hydrogens is 200 g/mol. The molecular formula is C14H24O2. The third kappa shape index (κ3) is 4.48. The van der Waals surface area contributed by atoms with Crippen molar-refractivity contribution >= 4 is 5.78 Å². The van der Waals surface area contributed by atoms with Crippen molar-refractivity contribution < 1.29 is 9.53 Å². The van der Waals surface area contributed by atoms with Gasteiger partial charge < -0.3 is 4.74 Å². The SMILES string of the molecule is CC(=O)/C=C/CC1(C)CCC(CC(C)C)O1. The van der Waals surface area contributed by atoms with Gasteiger partial charge in [-0.2, -0.15) is 0 Å². The Hall–Kier alpha value is -0.630. The van der Waals surface area contributed by atoms with Gasteiger partial charge in [-0.05, 0) is 51.5 Å². The van der Waals surface area contributed by atoms with Crippen LogP contribution in [0.2, 0.25) is 0 Å². The van der Waals surface area contributed by atoms with E-state index in [1.165, 1.54) is 0 Å². The predicted molar refractivity (Wildman–Crippen MR) is 66.4 cm³/mol. The minimum Gasteiger partial charge on any atom is -0.372 e. The van der Waals surface area contributed by atoms with Crippen molar-refractivity contribution in [1.29, 1.82) is 0 Å². The summed E-state index contributed by atoms with van der Waals surface area (Å²) in [5.74, 6) is 0.806. The van der Waals surface area contributed by atoms with E-state index in [4.69, 9.17) is 4.74 Å². The Morgan fingerprint density at radius 1 is 1.56 bits per heavy atom. The van der Waals surface area contributed by atoms with Crippen molar-refractivity contribution in [3.05, 3.63) is 12.2 Å². The summed E-state index contributed by atoms with van der Waals surface area (Å²) in [5.41, 5.74) is -0.0501. The molecule has 0 saturated carbocycles. The molecule has 0 bridgehead atoms. The van der Waals surface area contributed by atoms with E-state index in [0.29, 0.717) is 12.0 Å². The number of rotatable bonds is 5. The Balaban J connectivity index is 2.40. The fourth-order valence-corrected chi connectivity index (χ4v) is 2.30. The zero-order valence-electron chi connectivity index (χ0n) is 11.0. The maximum Gasteiger partial charge on any atom is 0.152 e. The number of hydrogen-bond donors (Lipinski definition) is 0. The van der Waals surface area contributed by atoms with Crippen LogP contribution in [0.4, 0.5) is 0 Å². The van der Waals surface area contributed by atoms with Crippen LogP contribution in [0, 0.1) is 5.92 Å². The molecule has 2 nitrogen and oxygen atoms in total. The molecule has 1 fully saturated rings. The van der Waals surface area contributed by atoms with Gasteiger partial charge in [0.2, 0.25) is 0 Å². The first-order valence-electron chi connectivity index (χ1n) is 6.26. The van der Waals surface area contributed by atoms with Gasteiger partial charge in [-0.3, -0.25) is 4.79 Å². The Labute approximate surface area is 99.1 Å². The minimum atomic E-state index is -0.0501. The van der Waals surface area contributed by atoms with Crippen LogP contribution in [0.1, 0.15) is 53.4 Å². The number of ether oxygens (including phenoxy) is 1. The van der Waals surface area contributed by atoms with Gasteiger partial charge in [-0.15, -0.1) is 0 Å². The molecule has 0 spiro atoms. The summed E-state index contributed by atoms with van der Waals surface area (Å²) in [4.78, 5) is 10.8. The van der Waals surface area contributed by atoms with E-state index >= 15 is 0 Å². The van der Waals surface area contributed by atoms with Crippen molar-refractivity contribution in [2.24, 2.45) is 5.92 Å². The van der Waals surface area contributed by atoms with Crippen LogP contribution in [-0.2, 0) is 9.53 Å². The van der Waals surface area contributed by atoms with E-state index < -0.39 is 0 Å². The molecule has 16 heavy (non-hydrogen) atoms. The topological polar surface area (TPSA) is 26.3 Å². The molecule has 0 aromatic carbocycles. The Kier molecular flexibility index (Phi) is 4.72. The van der Waals surface area contributed by atoms with Crippen LogP contribution in [0.25, 0.3) is 0 Å². The Bertz CT molecular complexity index is 268. The highest BCUT2D eigenvalue weighted by Crippen LogP contribution is 2.35. The van der Waals surface area contributed by atoms with Crippen LogP contribution in [-0.4, -0.2) is 17.5 Å². The standard InChI is InChI=1S/C14H24O2/c1-11(2)10-13-7-9-14(4,16-13)8-5-6-12(3)15/h5-6,11,13H,7-10H2,1-4H3/b6-5+. The molecule has 1 heterocycles. The molecule has 1 aliphatic heterocycles. The number of carbonyl (C=O) groups excluding carboxylic acids is 1. The van der Waals surface area contributed by atoms with Crippen molar-refractivity contribution in [3.8, 4) is 0 Å². The fourth-order valence-electron chi connectivity index (χ4n) is 2.30. The minimum absolute atomic E-state index is 0.0501. The summed E-state index contributed by atoms with van der Waals surface area (Å²) in [5, 5.41) is 0. The second-order valence-electron chi connectivity index (χ2n) is 5.58. The van der Waals surface area contributed by atoms with Gasteiger partial charge in [0.1, 0.15) is 0 Å². The van der Waals surface area contributed by atoms with Crippen LogP contribution in [0.3, 0.4) is 0 Å². The molecule has 1 saturated heterocycles. The second-order valence-corrected chi connectivity index (χ2v) is 5.58. The third-order valence-corrected chi connectivity index (χ3v) is 3.08. The average Bonchev–Trinajstić information content (AvgIpc) is 2.45. The molecule has 0 amide bonds. The summed E-state index contributed by atoms with van der Waals surface area (Å²) in [6, 6.07) is 0. The molecule has 2 unspecified atom stereocenters. The van der Waals surface area contributed by atoms with Gasteiger partial charge in [-0.1, -0.05) is 19.9 Å². The van der Waals surface area contributed by atoms with Crippen molar-refractivity contribution in [3.63, 3.8) is 0 Å². The van der Waals surface area contributed by atoms with Crippen molar-refractivity contribution in [1.82, 2.24) is 0 Å². The zero-order valence-corrected chi connectivity index (χ0v) is 11.0. The molecule has 1 rings (SSSR count). The lowest BCUT2D eigenvalue weighted by Crippen LogP contribution is -2.24. The monoisotopic (exact) mass is 224 g/mol. The number of hydrogen-bond acceptors (Lipinski definition) is 2. The molecule has 0 N–H and O–H groups in total. The fraction of sp³-hybridized carbons (Fsp3) is 0.786. The molecule has 1 aliphatic rings. The van der Waals surface area contributed by atoms with E-state index in [1.807, 2.05) is 6.08 Å². The first kappa shape index (κ1) is 13.4. The van der Waals surface area contributed by atoms with Crippen molar-refractivity contribution in [2.75, 3.05) is 0 Å². The van der Waals surface area contributed by atoms with Crippen LogP contribution < -0.4 is 0 Å². The van der Waals surface area contributed by atoms with Crippen LogP contribution >= 0.6 is 0 Å². The highest BCUT2D eigenvalue weighted by molar-refractivity contribution is 5.87. The van der Waals surface area contributed by atoms with Gasteiger partial charge in [0.15, 0.2) is 5.78 Å². The molecule has 0 aliphatic carbocycles. The summed E-state index contributed by atoms with van der Waals surface area (Å²) >= 11 is 0. The first-order valence-corrected chi connectivity index (χ1v) is 6.26. The number of ketones is 1. The van der Waals surface area contributed by atoms with E-state index in [9.17, 15) is 4.79 Å². The second kappa shape index (κ2) is 5.62.